The quantitative estimate of drug-likeness (QED) is 0.780. The minimum atomic E-state index is -0.983. The molecule has 0 aliphatic heterocycles. The molecule has 0 saturated carbocycles. The average molecular weight is 277 g/mol. The number of hydrogen-bond acceptors (Lipinski definition) is 3. The number of nitrogens with one attached hydrogen (secondary N) is 1. The Morgan fingerprint density at radius 1 is 1.25 bits per heavy atom. The van der Waals surface area contributed by atoms with Crippen LogP contribution >= 0.6 is 0 Å². The van der Waals surface area contributed by atoms with E-state index in [2.05, 4.69) is 5.32 Å². The fourth-order valence-corrected chi connectivity index (χ4v) is 1.58. The molecule has 1 aromatic carbocycles. The third kappa shape index (κ3) is 4.85. The van der Waals surface area contributed by atoms with E-state index in [9.17, 15) is 9.59 Å². The number of benzene rings is 1. The van der Waals surface area contributed by atoms with E-state index in [0.717, 1.165) is 17.2 Å². The maximum atomic E-state index is 11.7. The molecule has 0 aromatic heterocycles. The SMILES string of the molecule is COC(C)C(=O)NC(C)c1ccc(/C=C/C(=O)O)cc1. The van der Waals surface area contributed by atoms with Gasteiger partial charge in [-0.2, -0.15) is 0 Å². The molecule has 2 N–H and O–H groups in total. The maximum Gasteiger partial charge on any atom is 0.328 e. The van der Waals surface area contributed by atoms with Crippen molar-refractivity contribution in [2.75, 3.05) is 7.11 Å². The van der Waals surface area contributed by atoms with Gasteiger partial charge in [0.2, 0.25) is 5.91 Å². The van der Waals surface area contributed by atoms with Gasteiger partial charge in [0.25, 0.3) is 0 Å². The highest BCUT2D eigenvalue weighted by Crippen LogP contribution is 2.14. The van der Waals surface area contributed by atoms with Crippen molar-refractivity contribution in [3.63, 3.8) is 0 Å². The molecule has 5 nitrogen and oxygen atoms in total. The minimum absolute atomic E-state index is 0.141. The molecule has 0 radical (unpaired) electrons. The lowest BCUT2D eigenvalue weighted by Gasteiger charge is -2.17. The van der Waals surface area contributed by atoms with Crippen molar-refractivity contribution >= 4 is 18.0 Å². The summed E-state index contributed by atoms with van der Waals surface area (Å²) in [5.41, 5.74) is 1.73. The van der Waals surface area contributed by atoms with Crippen LogP contribution in [0.25, 0.3) is 6.08 Å². The fourth-order valence-electron chi connectivity index (χ4n) is 1.58. The van der Waals surface area contributed by atoms with E-state index in [1.807, 2.05) is 19.1 Å². The lowest BCUT2D eigenvalue weighted by Crippen LogP contribution is -2.35. The number of carboxylic acid groups (broad SMARTS) is 1. The van der Waals surface area contributed by atoms with Crippen LogP contribution in [0.15, 0.2) is 30.3 Å². The first-order chi connectivity index (χ1) is 9.43. The number of rotatable bonds is 6. The second-order valence-corrected chi connectivity index (χ2v) is 4.45. The van der Waals surface area contributed by atoms with E-state index < -0.39 is 12.1 Å². The molecule has 2 unspecified atom stereocenters. The number of aliphatic carboxylic acids is 1. The van der Waals surface area contributed by atoms with E-state index in [1.54, 1.807) is 19.1 Å². The molecule has 0 fully saturated rings. The number of hydrogen-bond donors (Lipinski definition) is 2. The normalized spacial score (nSPS) is 13.9. The molecule has 1 aromatic rings. The number of ether oxygens (including phenoxy) is 1. The highest BCUT2D eigenvalue weighted by molar-refractivity contribution is 5.85. The van der Waals surface area contributed by atoms with Gasteiger partial charge in [-0.25, -0.2) is 4.79 Å². The monoisotopic (exact) mass is 277 g/mol. The van der Waals surface area contributed by atoms with E-state index in [4.69, 9.17) is 9.84 Å². The van der Waals surface area contributed by atoms with Crippen LogP contribution in [-0.2, 0) is 14.3 Å². The second-order valence-electron chi connectivity index (χ2n) is 4.45. The molecule has 0 heterocycles. The smallest absolute Gasteiger partial charge is 0.328 e. The number of carbonyl (C=O) groups is 2. The summed E-state index contributed by atoms with van der Waals surface area (Å²) in [5.74, 6) is -1.15. The Bertz CT molecular complexity index is 493. The van der Waals surface area contributed by atoms with Crippen LogP contribution in [0.3, 0.4) is 0 Å². The molecule has 1 amide bonds. The number of carbonyl (C=O) groups excluding carboxylic acids is 1. The maximum absolute atomic E-state index is 11.7. The van der Waals surface area contributed by atoms with Gasteiger partial charge in [-0.3, -0.25) is 4.79 Å². The lowest BCUT2D eigenvalue weighted by molar-refractivity contribution is -0.131. The van der Waals surface area contributed by atoms with Gasteiger partial charge in [-0.1, -0.05) is 24.3 Å². The standard InChI is InChI=1S/C15H19NO4/c1-10(16-15(19)11(2)20-3)13-7-4-12(5-8-13)6-9-14(17)18/h4-11H,1-3H3,(H,16,19)(H,17,18)/b9-6+. The van der Waals surface area contributed by atoms with Crippen molar-refractivity contribution in [3.8, 4) is 0 Å². The molecule has 0 saturated heterocycles. The van der Waals surface area contributed by atoms with Crippen molar-refractivity contribution in [2.45, 2.75) is 26.0 Å². The zero-order chi connectivity index (χ0) is 15.1. The summed E-state index contributed by atoms with van der Waals surface area (Å²) in [6, 6.07) is 7.17. The second kappa shape index (κ2) is 7.45. The van der Waals surface area contributed by atoms with E-state index in [-0.39, 0.29) is 11.9 Å². The van der Waals surface area contributed by atoms with Crippen LogP contribution in [0, 0.1) is 0 Å². The third-order valence-electron chi connectivity index (χ3n) is 2.94. The Hall–Kier alpha value is -2.14. The summed E-state index contributed by atoms with van der Waals surface area (Å²) in [4.78, 5) is 22.1. The van der Waals surface area contributed by atoms with E-state index in [0.29, 0.717) is 0 Å². The van der Waals surface area contributed by atoms with Crippen molar-refractivity contribution in [3.05, 3.63) is 41.5 Å². The average Bonchev–Trinajstić information content (AvgIpc) is 2.44. The molecule has 2 atom stereocenters. The van der Waals surface area contributed by atoms with Crippen LogP contribution in [0.2, 0.25) is 0 Å². The molecule has 0 aliphatic rings. The summed E-state index contributed by atoms with van der Waals surface area (Å²) >= 11 is 0. The summed E-state index contributed by atoms with van der Waals surface area (Å²) < 4.78 is 4.95. The summed E-state index contributed by atoms with van der Waals surface area (Å²) in [7, 11) is 1.48. The van der Waals surface area contributed by atoms with Crippen molar-refractivity contribution < 1.29 is 19.4 Å². The minimum Gasteiger partial charge on any atom is -0.478 e. The first-order valence-corrected chi connectivity index (χ1v) is 6.28. The molecule has 108 valence electrons. The number of amides is 1. The molecular formula is C15H19NO4. The third-order valence-corrected chi connectivity index (χ3v) is 2.94. The van der Waals surface area contributed by atoms with Crippen molar-refractivity contribution in [2.24, 2.45) is 0 Å². The van der Waals surface area contributed by atoms with Crippen LogP contribution in [0.1, 0.15) is 31.0 Å². The predicted molar refractivity (Wildman–Crippen MR) is 76.1 cm³/mol. The molecule has 1 rings (SSSR count). The first kappa shape index (κ1) is 15.9. The zero-order valence-electron chi connectivity index (χ0n) is 11.8. The summed E-state index contributed by atoms with van der Waals surface area (Å²) in [6.45, 7) is 3.56. The molecular weight excluding hydrogens is 258 g/mol. The molecule has 5 heteroatoms. The molecule has 20 heavy (non-hydrogen) atoms. The van der Waals surface area contributed by atoms with Crippen LogP contribution in [-0.4, -0.2) is 30.2 Å². The van der Waals surface area contributed by atoms with Gasteiger partial charge in [-0.05, 0) is 31.1 Å². The Labute approximate surface area is 118 Å². The Morgan fingerprint density at radius 3 is 2.35 bits per heavy atom. The largest absolute Gasteiger partial charge is 0.478 e. The van der Waals surface area contributed by atoms with Gasteiger partial charge in [-0.15, -0.1) is 0 Å². The predicted octanol–water partition coefficient (Wildman–Crippen LogP) is 2.00. The highest BCUT2D eigenvalue weighted by Gasteiger charge is 2.15. The summed E-state index contributed by atoms with van der Waals surface area (Å²) in [6.07, 6.45) is 2.11. The van der Waals surface area contributed by atoms with E-state index in [1.165, 1.54) is 13.2 Å². The molecule has 0 aliphatic carbocycles. The van der Waals surface area contributed by atoms with Crippen LogP contribution in [0.5, 0.6) is 0 Å². The Kier molecular flexibility index (Phi) is 5.93. The van der Waals surface area contributed by atoms with Gasteiger partial charge >= 0.3 is 5.97 Å². The van der Waals surface area contributed by atoms with Gasteiger partial charge in [0.05, 0.1) is 6.04 Å². The first-order valence-electron chi connectivity index (χ1n) is 6.28. The molecule has 0 spiro atoms. The van der Waals surface area contributed by atoms with Gasteiger partial charge in [0, 0.05) is 13.2 Å². The molecule has 0 bridgehead atoms. The number of carboxylic acids is 1. The highest BCUT2D eigenvalue weighted by atomic mass is 16.5. The Morgan fingerprint density at radius 2 is 1.85 bits per heavy atom. The van der Waals surface area contributed by atoms with Gasteiger partial charge in [0.1, 0.15) is 6.10 Å². The van der Waals surface area contributed by atoms with Gasteiger partial charge < -0.3 is 15.2 Å². The topological polar surface area (TPSA) is 75.6 Å². The summed E-state index contributed by atoms with van der Waals surface area (Å²) in [5, 5.41) is 11.4. The van der Waals surface area contributed by atoms with Crippen molar-refractivity contribution in [1.82, 2.24) is 5.32 Å². The zero-order valence-corrected chi connectivity index (χ0v) is 11.8. The van der Waals surface area contributed by atoms with Crippen molar-refractivity contribution in [1.29, 1.82) is 0 Å². The lowest BCUT2D eigenvalue weighted by atomic mass is 10.1. The van der Waals surface area contributed by atoms with Crippen LogP contribution in [0.4, 0.5) is 0 Å². The fraction of sp³-hybridized carbons (Fsp3) is 0.333. The number of methoxy groups -OCH3 is 1. The van der Waals surface area contributed by atoms with Crippen LogP contribution < -0.4 is 5.32 Å². The van der Waals surface area contributed by atoms with E-state index >= 15 is 0 Å². The van der Waals surface area contributed by atoms with Gasteiger partial charge in [0.15, 0.2) is 0 Å². The Balaban J connectivity index is 2.68.